The fourth-order valence-electron chi connectivity index (χ4n) is 0.664. The number of carbonyl (C=O) groups is 1. The van der Waals surface area contributed by atoms with Crippen LogP contribution < -0.4 is 0 Å². The standard InChI is InChI=1S/C10H18O4/c1-8(2)4-9(13)14-7-10(3,5-11)6-12/h4,11-12H,5-7H2,1-3H3. The number of aliphatic hydroxyl groups is 2. The number of hydrogen-bond donors (Lipinski definition) is 2. The zero-order valence-corrected chi connectivity index (χ0v) is 8.91. The molecule has 0 spiro atoms. The van der Waals surface area contributed by atoms with Gasteiger partial charge in [0.1, 0.15) is 6.61 Å². The summed E-state index contributed by atoms with van der Waals surface area (Å²) in [6, 6.07) is 0. The van der Waals surface area contributed by atoms with Gasteiger partial charge in [-0.3, -0.25) is 0 Å². The van der Waals surface area contributed by atoms with E-state index in [0.717, 1.165) is 5.57 Å². The van der Waals surface area contributed by atoms with Crippen LogP contribution in [0.4, 0.5) is 0 Å². The zero-order chi connectivity index (χ0) is 11.2. The van der Waals surface area contributed by atoms with Gasteiger partial charge in [-0.15, -0.1) is 0 Å². The highest BCUT2D eigenvalue weighted by Gasteiger charge is 2.24. The molecule has 4 nitrogen and oxygen atoms in total. The van der Waals surface area contributed by atoms with Gasteiger partial charge in [0.2, 0.25) is 0 Å². The van der Waals surface area contributed by atoms with E-state index in [1.165, 1.54) is 6.08 Å². The average molecular weight is 202 g/mol. The van der Waals surface area contributed by atoms with Gasteiger partial charge in [-0.25, -0.2) is 4.79 Å². The van der Waals surface area contributed by atoms with E-state index >= 15 is 0 Å². The molecule has 4 heteroatoms. The maximum atomic E-state index is 11.1. The Hall–Kier alpha value is -0.870. The van der Waals surface area contributed by atoms with E-state index in [1.54, 1.807) is 20.8 Å². The Morgan fingerprint density at radius 1 is 1.36 bits per heavy atom. The number of hydrogen-bond acceptors (Lipinski definition) is 4. The maximum absolute atomic E-state index is 11.1. The normalized spacial score (nSPS) is 10.9. The topological polar surface area (TPSA) is 66.8 Å². The Morgan fingerprint density at radius 3 is 2.21 bits per heavy atom. The van der Waals surface area contributed by atoms with Crippen LogP contribution in [0.2, 0.25) is 0 Å². The van der Waals surface area contributed by atoms with Crippen molar-refractivity contribution in [1.82, 2.24) is 0 Å². The number of allylic oxidation sites excluding steroid dienone is 1. The molecule has 0 radical (unpaired) electrons. The minimum atomic E-state index is -0.759. The van der Waals surface area contributed by atoms with E-state index < -0.39 is 11.4 Å². The second-order valence-corrected chi connectivity index (χ2v) is 3.96. The summed E-state index contributed by atoms with van der Waals surface area (Å²) in [6.07, 6.45) is 1.37. The lowest BCUT2D eigenvalue weighted by atomic mass is 9.95. The first-order chi connectivity index (χ1) is 6.43. The van der Waals surface area contributed by atoms with E-state index in [1.807, 2.05) is 0 Å². The summed E-state index contributed by atoms with van der Waals surface area (Å²) in [6.45, 7) is 4.81. The van der Waals surface area contributed by atoms with Crippen molar-refractivity contribution in [2.24, 2.45) is 5.41 Å². The minimum absolute atomic E-state index is 0.0165. The summed E-state index contributed by atoms with van der Waals surface area (Å²) in [5.41, 5.74) is 0.0928. The molecule has 0 unspecified atom stereocenters. The fraction of sp³-hybridized carbons (Fsp3) is 0.700. The molecular weight excluding hydrogens is 184 g/mol. The van der Waals surface area contributed by atoms with Crippen molar-refractivity contribution >= 4 is 5.97 Å². The quantitative estimate of drug-likeness (QED) is 0.503. The van der Waals surface area contributed by atoms with Gasteiger partial charge in [0.05, 0.1) is 13.2 Å². The molecule has 0 aromatic heterocycles. The Bertz CT molecular complexity index is 212. The molecule has 0 atom stereocenters. The smallest absolute Gasteiger partial charge is 0.330 e. The van der Waals surface area contributed by atoms with Crippen LogP contribution in [-0.4, -0.2) is 36.0 Å². The Morgan fingerprint density at radius 2 is 1.86 bits per heavy atom. The number of aliphatic hydroxyl groups excluding tert-OH is 2. The fourth-order valence-corrected chi connectivity index (χ4v) is 0.664. The summed E-state index contributed by atoms with van der Waals surface area (Å²) in [5.74, 6) is -0.446. The highest BCUT2D eigenvalue weighted by molar-refractivity contribution is 5.82. The maximum Gasteiger partial charge on any atom is 0.330 e. The van der Waals surface area contributed by atoms with Gasteiger partial charge in [-0.05, 0) is 13.8 Å². The zero-order valence-electron chi connectivity index (χ0n) is 8.91. The van der Waals surface area contributed by atoms with Gasteiger partial charge < -0.3 is 14.9 Å². The first-order valence-corrected chi connectivity index (χ1v) is 4.47. The molecule has 0 aromatic rings. The first-order valence-electron chi connectivity index (χ1n) is 4.47. The monoisotopic (exact) mass is 202 g/mol. The third kappa shape index (κ3) is 4.99. The summed E-state index contributed by atoms with van der Waals surface area (Å²) in [7, 11) is 0. The van der Waals surface area contributed by atoms with E-state index in [0.29, 0.717) is 0 Å². The van der Waals surface area contributed by atoms with Crippen molar-refractivity contribution in [3.8, 4) is 0 Å². The predicted octanol–water partition coefficient (Wildman–Crippen LogP) is 0.487. The molecule has 0 fully saturated rings. The van der Waals surface area contributed by atoms with Gasteiger partial charge >= 0.3 is 5.97 Å². The van der Waals surface area contributed by atoms with Crippen LogP contribution in [-0.2, 0) is 9.53 Å². The number of ether oxygens (including phenoxy) is 1. The number of rotatable bonds is 5. The van der Waals surface area contributed by atoms with Crippen LogP contribution in [0.15, 0.2) is 11.6 Å². The third-order valence-electron chi connectivity index (χ3n) is 1.73. The average Bonchev–Trinajstić information content (AvgIpc) is 2.13. The van der Waals surface area contributed by atoms with Crippen LogP contribution in [0.5, 0.6) is 0 Å². The molecular formula is C10H18O4. The van der Waals surface area contributed by atoms with Crippen LogP contribution >= 0.6 is 0 Å². The largest absolute Gasteiger partial charge is 0.462 e. The van der Waals surface area contributed by atoms with E-state index in [4.69, 9.17) is 14.9 Å². The van der Waals surface area contributed by atoms with Gasteiger partial charge in [-0.1, -0.05) is 12.5 Å². The van der Waals surface area contributed by atoms with Crippen LogP contribution in [0, 0.1) is 5.41 Å². The highest BCUT2D eigenvalue weighted by Crippen LogP contribution is 2.14. The van der Waals surface area contributed by atoms with Gasteiger partial charge in [0.15, 0.2) is 0 Å². The molecule has 0 saturated carbocycles. The molecule has 0 aromatic carbocycles. The molecule has 0 saturated heterocycles. The summed E-state index contributed by atoms with van der Waals surface area (Å²) < 4.78 is 4.86. The Balaban J connectivity index is 4.05. The molecule has 0 rings (SSSR count). The lowest BCUT2D eigenvalue weighted by Crippen LogP contribution is -2.32. The highest BCUT2D eigenvalue weighted by atomic mass is 16.5. The van der Waals surface area contributed by atoms with Crippen molar-refractivity contribution in [2.75, 3.05) is 19.8 Å². The molecule has 0 heterocycles. The summed E-state index contributed by atoms with van der Waals surface area (Å²) in [4.78, 5) is 11.1. The second kappa shape index (κ2) is 5.78. The molecule has 2 N–H and O–H groups in total. The van der Waals surface area contributed by atoms with E-state index in [2.05, 4.69) is 0 Å². The first kappa shape index (κ1) is 13.1. The molecule has 0 aliphatic carbocycles. The molecule has 0 aliphatic heterocycles. The predicted molar refractivity (Wildman–Crippen MR) is 52.7 cm³/mol. The van der Waals surface area contributed by atoms with Crippen LogP contribution in [0.1, 0.15) is 20.8 Å². The van der Waals surface area contributed by atoms with E-state index in [-0.39, 0.29) is 19.8 Å². The minimum Gasteiger partial charge on any atom is -0.462 e. The molecule has 0 amide bonds. The SMILES string of the molecule is CC(C)=CC(=O)OCC(C)(CO)CO. The Labute approximate surface area is 84.2 Å². The summed E-state index contributed by atoms with van der Waals surface area (Å²) >= 11 is 0. The van der Waals surface area contributed by atoms with Crippen molar-refractivity contribution in [1.29, 1.82) is 0 Å². The van der Waals surface area contributed by atoms with Gasteiger partial charge in [-0.2, -0.15) is 0 Å². The van der Waals surface area contributed by atoms with Crippen molar-refractivity contribution < 1.29 is 19.7 Å². The van der Waals surface area contributed by atoms with Crippen LogP contribution in [0.3, 0.4) is 0 Å². The van der Waals surface area contributed by atoms with Crippen molar-refractivity contribution in [3.63, 3.8) is 0 Å². The molecule has 82 valence electrons. The van der Waals surface area contributed by atoms with Crippen molar-refractivity contribution in [2.45, 2.75) is 20.8 Å². The van der Waals surface area contributed by atoms with Gasteiger partial charge in [0, 0.05) is 11.5 Å². The van der Waals surface area contributed by atoms with E-state index in [9.17, 15) is 4.79 Å². The third-order valence-corrected chi connectivity index (χ3v) is 1.73. The molecule has 0 aliphatic rings. The van der Waals surface area contributed by atoms with Crippen molar-refractivity contribution in [3.05, 3.63) is 11.6 Å². The van der Waals surface area contributed by atoms with Gasteiger partial charge in [0.25, 0.3) is 0 Å². The number of esters is 1. The Kier molecular flexibility index (Phi) is 5.42. The number of carbonyl (C=O) groups excluding carboxylic acids is 1. The lowest BCUT2D eigenvalue weighted by Gasteiger charge is -2.23. The van der Waals surface area contributed by atoms with Crippen LogP contribution in [0.25, 0.3) is 0 Å². The molecule has 14 heavy (non-hydrogen) atoms. The second-order valence-electron chi connectivity index (χ2n) is 3.96. The molecule has 0 bridgehead atoms. The summed E-state index contributed by atoms with van der Waals surface area (Å²) in [5, 5.41) is 17.8. The lowest BCUT2D eigenvalue weighted by molar-refractivity contribution is -0.143.